The first-order chi connectivity index (χ1) is 10.3. The lowest BCUT2D eigenvalue weighted by Crippen LogP contribution is -2.49. The number of carbonyl (C=O) groups excluding carboxylic acids is 1. The molecule has 2 aliphatic rings. The maximum Gasteiger partial charge on any atom is 0.227 e. The molecule has 1 aromatic rings. The summed E-state index contributed by atoms with van der Waals surface area (Å²) in [6.45, 7) is 5.03. The minimum absolute atomic E-state index is 0. The lowest BCUT2D eigenvalue weighted by molar-refractivity contribution is -0.138. The predicted octanol–water partition coefficient (Wildman–Crippen LogP) is 3.11. The third-order valence-electron chi connectivity index (χ3n) is 4.56. The van der Waals surface area contributed by atoms with Gasteiger partial charge in [-0.3, -0.25) is 4.79 Å². The van der Waals surface area contributed by atoms with E-state index in [2.05, 4.69) is 41.4 Å². The third-order valence-corrected chi connectivity index (χ3v) is 5.77. The van der Waals surface area contributed by atoms with Gasteiger partial charge >= 0.3 is 0 Å². The van der Waals surface area contributed by atoms with Gasteiger partial charge in [-0.2, -0.15) is 11.8 Å². The number of halogens is 1. The van der Waals surface area contributed by atoms with Gasteiger partial charge in [-0.15, -0.1) is 12.4 Å². The van der Waals surface area contributed by atoms with Crippen LogP contribution in [0.2, 0.25) is 0 Å². The minimum atomic E-state index is 0. The highest BCUT2D eigenvalue weighted by Crippen LogP contribution is 2.37. The number of benzene rings is 1. The van der Waals surface area contributed by atoms with Crippen molar-refractivity contribution in [2.75, 3.05) is 25.4 Å². The summed E-state index contributed by atoms with van der Waals surface area (Å²) in [6.07, 6.45) is 2.15. The smallest absolute Gasteiger partial charge is 0.227 e. The normalized spacial score (nSPS) is 28.8. The Bertz CT molecular complexity index is 479. The first-order valence-corrected chi connectivity index (χ1v) is 9.00. The Hall–Kier alpha value is -0.710. The largest absolute Gasteiger partial charge is 0.333 e. The Morgan fingerprint density at radius 1 is 1.32 bits per heavy atom. The van der Waals surface area contributed by atoms with Crippen molar-refractivity contribution in [2.24, 2.45) is 5.92 Å². The van der Waals surface area contributed by atoms with Gasteiger partial charge in [-0.05, 0) is 24.9 Å². The highest BCUT2D eigenvalue weighted by atomic mass is 35.5. The molecule has 3 nitrogen and oxygen atoms in total. The van der Waals surface area contributed by atoms with Crippen molar-refractivity contribution >= 4 is 30.1 Å². The van der Waals surface area contributed by atoms with Crippen LogP contribution >= 0.6 is 24.2 Å². The van der Waals surface area contributed by atoms with Crippen molar-refractivity contribution in [3.8, 4) is 0 Å². The van der Waals surface area contributed by atoms with Gasteiger partial charge in [0.25, 0.3) is 0 Å². The van der Waals surface area contributed by atoms with Crippen LogP contribution in [0.25, 0.3) is 0 Å². The summed E-state index contributed by atoms with van der Waals surface area (Å²) in [6, 6.07) is 10.7. The second-order valence-corrected chi connectivity index (χ2v) is 7.49. The first-order valence-electron chi connectivity index (χ1n) is 7.95. The molecular formula is C17H25ClN2OS. The van der Waals surface area contributed by atoms with E-state index in [1.807, 2.05) is 17.8 Å². The van der Waals surface area contributed by atoms with Crippen LogP contribution in [0.4, 0.5) is 0 Å². The monoisotopic (exact) mass is 340 g/mol. The molecule has 3 atom stereocenters. The Morgan fingerprint density at radius 2 is 2.09 bits per heavy atom. The molecule has 0 spiro atoms. The molecule has 0 bridgehead atoms. The number of thioether (sulfide) groups is 1. The van der Waals surface area contributed by atoms with Crippen LogP contribution in [0.3, 0.4) is 0 Å². The van der Waals surface area contributed by atoms with Gasteiger partial charge in [0.05, 0.1) is 12.0 Å². The molecule has 1 amide bonds. The second kappa shape index (κ2) is 8.23. The van der Waals surface area contributed by atoms with Crippen LogP contribution in [0, 0.1) is 5.92 Å². The van der Waals surface area contributed by atoms with E-state index in [0.29, 0.717) is 11.2 Å². The molecule has 1 aromatic carbocycles. The zero-order valence-electron chi connectivity index (χ0n) is 13.0. The maximum atomic E-state index is 13.0. The van der Waals surface area contributed by atoms with Crippen molar-refractivity contribution in [1.29, 1.82) is 0 Å². The molecule has 3 unspecified atom stereocenters. The van der Waals surface area contributed by atoms with Crippen molar-refractivity contribution < 1.29 is 4.79 Å². The SMILES string of the molecule is CC1SCCN(C(=O)C2CCCNC2)C1c1ccccc1.Cl. The molecule has 5 heteroatoms. The fraction of sp³-hybridized carbons (Fsp3) is 0.588. The van der Waals surface area contributed by atoms with E-state index in [-0.39, 0.29) is 24.4 Å². The van der Waals surface area contributed by atoms with Gasteiger partial charge in [0.2, 0.25) is 5.91 Å². The van der Waals surface area contributed by atoms with Gasteiger partial charge in [-0.25, -0.2) is 0 Å². The molecule has 1 N–H and O–H groups in total. The van der Waals surface area contributed by atoms with Crippen molar-refractivity contribution in [2.45, 2.75) is 31.1 Å². The number of hydrogen-bond acceptors (Lipinski definition) is 3. The van der Waals surface area contributed by atoms with Crippen molar-refractivity contribution in [3.63, 3.8) is 0 Å². The lowest BCUT2D eigenvalue weighted by Gasteiger charge is -2.42. The minimum Gasteiger partial charge on any atom is -0.333 e. The molecule has 2 fully saturated rings. The standard InChI is InChI=1S/C17H24N2OS.ClH/c1-13-16(14-6-3-2-4-7-14)19(10-11-21-13)17(20)15-8-5-9-18-12-15;/h2-4,6-7,13,15-16,18H,5,8-12H2,1H3;1H. The van der Waals surface area contributed by atoms with E-state index < -0.39 is 0 Å². The quantitative estimate of drug-likeness (QED) is 0.897. The fourth-order valence-electron chi connectivity index (χ4n) is 3.47. The molecule has 2 aliphatic heterocycles. The summed E-state index contributed by atoms with van der Waals surface area (Å²) in [4.78, 5) is 15.1. The lowest BCUT2D eigenvalue weighted by atomic mass is 9.95. The van der Waals surface area contributed by atoms with E-state index in [9.17, 15) is 4.79 Å². The van der Waals surface area contributed by atoms with Crippen LogP contribution in [0.1, 0.15) is 31.4 Å². The van der Waals surface area contributed by atoms with Crippen molar-refractivity contribution in [1.82, 2.24) is 10.2 Å². The second-order valence-electron chi connectivity index (χ2n) is 6.01. The fourth-order valence-corrected chi connectivity index (χ4v) is 4.63. The number of piperidine rings is 1. The molecule has 0 aliphatic carbocycles. The number of hydrogen-bond donors (Lipinski definition) is 1. The van der Waals surface area contributed by atoms with Crippen molar-refractivity contribution in [3.05, 3.63) is 35.9 Å². The van der Waals surface area contributed by atoms with Gasteiger partial charge in [0, 0.05) is 24.1 Å². The highest BCUT2D eigenvalue weighted by molar-refractivity contribution is 8.00. The Labute approximate surface area is 143 Å². The molecule has 0 radical (unpaired) electrons. The summed E-state index contributed by atoms with van der Waals surface area (Å²) in [7, 11) is 0. The summed E-state index contributed by atoms with van der Waals surface area (Å²) >= 11 is 1.98. The Morgan fingerprint density at radius 3 is 2.77 bits per heavy atom. The van der Waals surface area contributed by atoms with Crippen LogP contribution < -0.4 is 5.32 Å². The highest BCUT2D eigenvalue weighted by Gasteiger charge is 2.36. The van der Waals surface area contributed by atoms with E-state index in [1.54, 1.807) is 0 Å². The van der Waals surface area contributed by atoms with Gasteiger partial charge in [0.15, 0.2) is 0 Å². The molecule has 22 heavy (non-hydrogen) atoms. The maximum absolute atomic E-state index is 13.0. The number of amides is 1. The number of nitrogens with zero attached hydrogens (tertiary/aromatic N) is 1. The van der Waals surface area contributed by atoms with Gasteiger partial charge in [0.1, 0.15) is 0 Å². The van der Waals surface area contributed by atoms with Crippen LogP contribution in [0.5, 0.6) is 0 Å². The summed E-state index contributed by atoms with van der Waals surface area (Å²) in [5, 5.41) is 3.83. The first kappa shape index (κ1) is 17.6. The van der Waals surface area contributed by atoms with E-state index >= 15 is 0 Å². The molecule has 122 valence electrons. The van der Waals surface area contributed by atoms with Crippen LogP contribution in [0.15, 0.2) is 30.3 Å². The summed E-state index contributed by atoms with van der Waals surface area (Å²) in [5.74, 6) is 1.57. The third kappa shape index (κ3) is 3.79. The van der Waals surface area contributed by atoms with E-state index in [1.165, 1.54) is 5.56 Å². The zero-order valence-corrected chi connectivity index (χ0v) is 14.7. The van der Waals surface area contributed by atoms with Gasteiger partial charge in [-0.1, -0.05) is 37.3 Å². The Kier molecular flexibility index (Phi) is 6.60. The molecule has 2 heterocycles. The summed E-state index contributed by atoms with van der Waals surface area (Å²) in [5.41, 5.74) is 1.27. The number of carbonyl (C=O) groups is 1. The van der Waals surface area contributed by atoms with Crippen LogP contribution in [-0.4, -0.2) is 41.4 Å². The molecule has 0 aromatic heterocycles. The zero-order chi connectivity index (χ0) is 14.7. The molecule has 2 saturated heterocycles. The number of rotatable bonds is 2. The van der Waals surface area contributed by atoms with Gasteiger partial charge < -0.3 is 10.2 Å². The topological polar surface area (TPSA) is 32.3 Å². The molecular weight excluding hydrogens is 316 g/mol. The molecule has 0 saturated carbocycles. The average molecular weight is 341 g/mol. The van der Waals surface area contributed by atoms with Crippen LogP contribution in [-0.2, 0) is 4.79 Å². The van der Waals surface area contributed by atoms with E-state index in [0.717, 1.165) is 38.2 Å². The number of nitrogens with one attached hydrogen (secondary N) is 1. The predicted molar refractivity (Wildman–Crippen MR) is 95.7 cm³/mol. The Balaban J connectivity index is 0.00000176. The average Bonchev–Trinajstić information content (AvgIpc) is 2.55. The molecule has 3 rings (SSSR count). The summed E-state index contributed by atoms with van der Waals surface area (Å²) < 4.78 is 0. The van der Waals surface area contributed by atoms with E-state index in [4.69, 9.17) is 0 Å².